The third-order valence-corrected chi connectivity index (χ3v) is 3.30. The molecule has 1 aliphatic rings. The van der Waals surface area contributed by atoms with E-state index in [0.29, 0.717) is 0 Å². The number of hydrogen-bond donors (Lipinski definition) is 0. The number of benzene rings is 1. The van der Waals surface area contributed by atoms with E-state index in [2.05, 4.69) is 11.2 Å². The fraction of sp³-hybridized carbons (Fsp3) is 0.286. The normalized spacial score (nSPS) is 13.7. The number of aldehydes is 1. The highest BCUT2D eigenvalue weighted by Crippen LogP contribution is 2.26. The second-order valence-electron chi connectivity index (χ2n) is 4.53. The third-order valence-electron chi connectivity index (χ3n) is 3.30. The molecule has 0 unspecified atom stereocenters. The summed E-state index contributed by atoms with van der Waals surface area (Å²) < 4.78 is 1.78. The molecule has 0 saturated heterocycles. The Morgan fingerprint density at radius 2 is 2.24 bits per heavy atom. The Labute approximate surface area is 100 Å². The molecule has 0 saturated carbocycles. The van der Waals surface area contributed by atoms with E-state index in [0.717, 1.165) is 48.2 Å². The average Bonchev–Trinajstić information content (AvgIpc) is 2.88. The third kappa shape index (κ3) is 1.58. The van der Waals surface area contributed by atoms with E-state index in [1.807, 2.05) is 25.1 Å². The quantitative estimate of drug-likeness (QED) is 0.737. The molecule has 3 rings (SSSR count). The first kappa shape index (κ1) is 10.3. The molecule has 1 aromatic carbocycles. The van der Waals surface area contributed by atoms with Gasteiger partial charge >= 0.3 is 0 Å². The maximum absolute atomic E-state index is 11.2. The molecule has 2 aromatic rings. The van der Waals surface area contributed by atoms with Crippen molar-refractivity contribution >= 4 is 6.29 Å². The van der Waals surface area contributed by atoms with Crippen LogP contribution < -0.4 is 0 Å². The number of carbonyl (C=O) groups is 1. The molecule has 1 aromatic heterocycles. The van der Waals surface area contributed by atoms with Crippen molar-refractivity contribution in [1.82, 2.24) is 9.78 Å². The Balaban J connectivity index is 2.18. The molecule has 86 valence electrons. The maximum atomic E-state index is 11.2. The van der Waals surface area contributed by atoms with Gasteiger partial charge in [0.2, 0.25) is 0 Å². The van der Waals surface area contributed by atoms with Gasteiger partial charge < -0.3 is 0 Å². The highest BCUT2D eigenvalue weighted by molar-refractivity contribution is 5.77. The van der Waals surface area contributed by atoms with Crippen molar-refractivity contribution in [3.8, 4) is 5.69 Å². The van der Waals surface area contributed by atoms with E-state index in [-0.39, 0.29) is 0 Å². The largest absolute Gasteiger partial charge is 0.296 e. The summed E-state index contributed by atoms with van der Waals surface area (Å²) in [7, 11) is 0. The van der Waals surface area contributed by atoms with Crippen molar-refractivity contribution in [3.63, 3.8) is 0 Å². The summed E-state index contributed by atoms with van der Waals surface area (Å²) in [6.45, 7) is 2.04. The molecule has 17 heavy (non-hydrogen) atoms. The lowest BCUT2D eigenvalue weighted by Crippen LogP contribution is -2.03. The summed E-state index contributed by atoms with van der Waals surface area (Å²) >= 11 is 0. The van der Waals surface area contributed by atoms with E-state index in [1.165, 1.54) is 5.56 Å². The van der Waals surface area contributed by atoms with E-state index in [9.17, 15) is 4.79 Å². The molecule has 1 heterocycles. The summed E-state index contributed by atoms with van der Waals surface area (Å²) in [5.74, 6) is 0. The fourth-order valence-electron chi connectivity index (χ4n) is 2.49. The standard InChI is InChI=1S/C14H14N2O/c1-10-4-2-5-11(8-10)16-14(9-17)12-6-3-7-13(12)15-16/h2,4-5,8-9H,3,6-7H2,1H3. The molecule has 0 bridgehead atoms. The summed E-state index contributed by atoms with van der Waals surface area (Å²) in [6.07, 6.45) is 4.02. The van der Waals surface area contributed by atoms with Crippen LogP contribution in [0, 0.1) is 6.92 Å². The zero-order valence-corrected chi connectivity index (χ0v) is 9.81. The smallest absolute Gasteiger partial charge is 0.168 e. The van der Waals surface area contributed by atoms with Gasteiger partial charge in [-0.3, -0.25) is 4.79 Å². The van der Waals surface area contributed by atoms with Gasteiger partial charge in [0.25, 0.3) is 0 Å². The zero-order valence-electron chi connectivity index (χ0n) is 9.81. The van der Waals surface area contributed by atoms with Gasteiger partial charge in [-0.2, -0.15) is 5.10 Å². The van der Waals surface area contributed by atoms with Crippen molar-refractivity contribution in [2.24, 2.45) is 0 Å². The SMILES string of the molecule is Cc1cccc(-n2nc3c(c2C=O)CCC3)c1. The van der Waals surface area contributed by atoms with Crippen molar-refractivity contribution in [1.29, 1.82) is 0 Å². The van der Waals surface area contributed by atoms with Crippen LogP contribution in [0.15, 0.2) is 24.3 Å². The minimum atomic E-state index is 0.725. The molecular weight excluding hydrogens is 212 g/mol. The Morgan fingerprint density at radius 3 is 3.00 bits per heavy atom. The number of hydrogen-bond acceptors (Lipinski definition) is 2. The van der Waals surface area contributed by atoms with Gasteiger partial charge in [-0.15, -0.1) is 0 Å². The minimum absolute atomic E-state index is 0.725. The van der Waals surface area contributed by atoms with Crippen LogP contribution in [-0.2, 0) is 12.8 Å². The molecule has 0 aliphatic heterocycles. The number of carbonyl (C=O) groups excluding carboxylic acids is 1. The summed E-state index contributed by atoms with van der Waals surface area (Å²) in [6, 6.07) is 8.07. The number of aromatic nitrogens is 2. The topological polar surface area (TPSA) is 34.9 Å². The van der Waals surface area contributed by atoms with Gasteiger partial charge in [-0.25, -0.2) is 4.68 Å². The second kappa shape index (κ2) is 3.84. The first-order valence-corrected chi connectivity index (χ1v) is 5.92. The first-order chi connectivity index (χ1) is 8.29. The lowest BCUT2D eigenvalue weighted by molar-refractivity contribution is 0.111. The molecule has 0 atom stereocenters. The molecule has 0 radical (unpaired) electrons. The predicted molar refractivity (Wildman–Crippen MR) is 65.7 cm³/mol. The van der Waals surface area contributed by atoms with Crippen molar-refractivity contribution in [3.05, 3.63) is 46.8 Å². The molecular formula is C14H14N2O. The van der Waals surface area contributed by atoms with E-state index in [4.69, 9.17) is 0 Å². The molecule has 0 fully saturated rings. The van der Waals surface area contributed by atoms with Gasteiger partial charge in [-0.1, -0.05) is 12.1 Å². The molecule has 0 N–H and O–H groups in total. The van der Waals surface area contributed by atoms with Crippen LogP contribution in [-0.4, -0.2) is 16.1 Å². The van der Waals surface area contributed by atoms with Gasteiger partial charge in [0.1, 0.15) is 5.69 Å². The Hall–Kier alpha value is -1.90. The Kier molecular flexibility index (Phi) is 2.32. The number of nitrogens with zero attached hydrogens (tertiary/aromatic N) is 2. The average molecular weight is 226 g/mol. The Bertz CT molecular complexity index is 584. The van der Waals surface area contributed by atoms with Gasteiger partial charge in [0.05, 0.1) is 11.4 Å². The van der Waals surface area contributed by atoms with E-state index in [1.54, 1.807) is 4.68 Å². The van der Waals surface area contributed by atoms with Crippen molar-refractivity contribution < 1.29 is 4.79 Å². The lowest BCUT2D eigenvalue weighted by Gasteiger charge is -2.05. The van der Waals surface area contributed by atoms with E-state index >= 15 is 0 Å². The monoisotopic (exact) mass is 226 g/mol. The van der Waals surface area contributed by atoms with Gasteiger partial charge in [0, 0.05) is 5.56 Å². The number of fused-ring (bicyclic) bond motifs is 1. The van der Waals surface area contributed by atoms with Crippen LogP contribution in [0.5, 0.6) is 0 Å². The summed E-state index contributed by atoms with van der Waals surface area (Å²) in [4.78, 5) is 11.2. The second-order valence-corrected chi connectivity index (χ2v) is 4.53. The minimum Gasteiger partial charge on any atom is -0.296 e. The molecule has 0 spiro atoms. The van der Waals surface area contributed by atoms with Crippen molar-refractivity contribution in [2.75, 3.05) is 0 Å². The molecule has 1 aliphatic carbocycles. The maximum Gasteiger partial charge on any atom is 0.168 e. The van der Waals surface area contributed by atoms with Crippen LogP contribution in [0.25, 0.3) is 5.69 Å². The van der Waals surface area contributed by atoms with Crippen LogP contribution in [0.1, 0.15) is 33.7 Å². The number of rotatable bonds is 2. The van der Waals surface area contributed by atoms with Crippen molar-refractivity contribution in [2.45, 2.75) is 26.2 Å². The highest BCUT2D eigenvalue weighted by Gasteiger charge is 2.22. The zero-order chi connectivity index (χ0) is 11.8. The highest BCUT2D eigenvalue weighted by atomic mass is 16.1. The molecule has 3 nitrogen and oxygen atoms in total. The predicted octanol–water partition coefficient (Wildman–Crippen LogP) is 2.48. The summed E-state index contributed by atoms with van der Waals surface area (Å²) in [5.41, 5.74) is 5.11. The van der Waals surface area contributed by atoms with Gasteiger partial charge in [-0.05, 0) is 43.9 Å². The van der Waals surface area contributed by atoms with Crippen LogP contribution >= 0.6 is 0 Å². The molecule has 3 heteroatoms. The first-order valence-electron chi connectivity index (χ1n) is 5.92. The van der Waals surface area contributed by atoms with E-state index < -0.39 is 0 Å². The lowest BCUT2D eigenvalue weighted by atomic mass is 10.2. The summed E-state index contributed by atoms with van der Waals surface area (Å²) in [5, 5.41) is 4.56. The van der Waals surface area contributed by atoms with Gasteiger partial charge in [0.15, 0.2) is 6.29 Å². The number of aryl methyl sites for hydroxylation is 2. The van der Waals surface area contributed by atoms with Crippen LogP contribution in [0.3, 0.4) is 0 Å². The molecule has 0 amide bonds. The Morgan fingerprint density at radius 1 is 1.35 bits per heavy atom. The van der Waals surface area contributed by atoms with Crippen LogP contribution in [0.2, 0.25) is 0 Å². The van der Waals surface area contributed by atoms with Crippen LogP contribution in [0.4, 0.5) is 0 Å². The fourth-order valence-corrected chi connectivity index (χ4v) is 2.49.